The molecule has 0 aromatic heterocycles. The molecular formula is C46H48N2O8. The highest BCUT2D eigenvalue weighted by Crippen LogP contribution is 2.56. The van der Waals surface area contributed by atoms with Crippen LogP contribution in [0, 0.1) is 13.8 Å². The number of hydrogen-bond donors (Lipinski definition) is 8. The van der Waals surface area contributed by atoms with E-state index >= 15 is 0 Å². The summed E-state index contributed by atoms with van der Waals surface area (Å²) in [6.45, 7) is 11.9. The number of nitrogens with one attached hydrogen (secondary N) is 2. The molecule has 2 aliphatic rings. The molecular weight excluding hydrogens is 709 g/mol. The van der Waals surface area contributed by atoms with Gasteiger partial charge in [-0.25, -0.2) is 0 Å². The van der Waals surface area contributed by atoms with Gasteiger partial charge >= 0.3 is 0 Å². The van der Waals surface area contributed by atoms with Gasteiger partial charge in [0.1, 0.15) is 46.0 Å². The fourth-order valence-corrected chi connectivity index (χ4v) is 9.60. The third kappa shape index (κ3) is 5.61. The van der Waals surface area contributed by atoms with Crippen molar-refractivity contribution in [3.8, 4) is 79.4 Å². The highest BCUT2D eigenvalue weighted by molar-refractivity contribution is 6.13. The number of rotatable bonds is 5. The Morgan fingerprint density at radius 3 is 1.23 bits per heavy atom. The highest BCUT2D eigenvalue weighted by atomic mass is 16.5. The molecule has 0 radical (unpaired) electrons. The van der Waals surface area contributed by atoms with E-state index in [4.69, 9.17) is 9.47 Å². The molecule has 4 atom stereocenters. The SMILES string of the molecule is COc1cc(C)cc2c(-c3c(O)cc(O)c4c3C[C@@H](C)N[C@@H]4C)cc(-c3cc(-c4c(O)cc(O)c5c4C[C@H](C)N[C@@H]5C)c4cc(C)cc(OC)c4c3O)c(O)c12. The molecule has 0 aliphatic carbocycles. The van der Waals surface area contributed by atoms with Crippen molar-refractivity contribution in [1.29, 1.82) is 0 Å². The first-order valence-corrected chi connectivity index (χ1v) is 19.0. The summed E-state index contributed by atoms with van der Waals surface area (Å²) in [6, 6.07) is 13.4. The van der Waals surface area contributed by atoms with Crippen molar-refractivity contribution in [3.05, 3.63) is 81.9 Å². The van der Waals surface area contributed by atoms with Gasteiger partial charge in [0.15, 0.2) is 0 Å². The molecule has 2 aliphatic heterocycles. The van der Waals surface area contributed by atoms with Crippen LogP contribution in [0.15, 0.2) is 48.5 Å². The highest BCUT2D eigenvalue weighted by Gasteiger charge is 2.33. The molecule has 10 nitrogen and oxygen atoms in total. The molecule has 0 bridgehead atoms. The number of methoxy groups -OCH3 is 2. The molecule has 0 unspecified atom stereocenters. The van der Waals surface area contributed by atoms with E-state index in [1.807, 2.05) is 52.0 Å². The van der Waals surface area contributed by atoms with Crippen LogP contribution in [0.1, 0.15) is 73.2 Å². The molecule has 56 heavy (non-hydrogen) atoms. The summed E-state index contributed by atoms with van der Waals surface area (Å²) in [5, 5.41) is 79.7. The smallest absolute Gasteiger partial charge is 0.135 e. The lowest BCUT2D eigenvalue weighted by molar-refractivity contribution is 0.401. The summed E-state index contributed by atoms with van der Waals surface area (Å²) in [5.74, 6) is 0.187. The normalized spacial score (nSPS) is 19.2. The molecule has 10 heteroatoms. The Hall–Kier alpha value is -5.84. The molecule has 6 aromatic carbocycles. The second-order valence-electron chi connectivity index (χ2n) is 15.8. The summed E-state index contributed by atoms with van der Waals surface area (Å²) < 4.78 is 11.8. The van der Waals surface area contributed by atoms with Crippen molar-refractivity contribution >= 4 is 21.5 Å². The summed E-state index contributed by atoms with van der Waals surface area (Å²) in [4.78, 5) is 0. The lowest BCUT2D eigenvalue weighted by Crippen LogP contribution is -2.36. The van der Waals surface area contributed by atoms with Gasteiger partial charge in [-0.15, -0.1) is 0 Å². The largest absolute Gasteiger partial charge is 0.507 e. The zero-order valence-electron chi connectivity index (χ0n) is 32.8. The van der Waals surface area contributed by atoms with Gasteiger partial charge in [0.05, 0.1) is 25.0 Å². The van der Waals surface area contributed by atoms with Crippen LogP contribution in [0.25, 0.3) is 54.9 Å². The molecule has 0 fully saturated rings. The topological polar surface area (TPSA) is 164 Å². The molecule has 8 rings (SSSR count). The van der Waals surface area contributed by atoms with Crippen LogP contribution >= 0.6 is 0 Å². The minimum absolute atomic E-state index is 0.0136. The third-order valence-electron chi connectivity index (χ3n) is 11.7. The Bertz CT molecular complexity index is 2450. The van der Waals surface area contributed by atoms with Gasteiger partial charge < -0.3 is 50.7 Å². The summed E-state index contributed by atoms with van der Waals surface area (Å²) >= 11 is 0. The number of hydrogen-bond acceptors (Lipinski definition) is 10. The first-order valence-electron chi connectivity index (χ1n) is 19.0. The predicted molar refractivity (Wildman–Crippen MR) is 220 cm³/mol. The maximum atomic E-state index is 12.5. The van der Waals surface area contributed by atoms with Crippen LogP contribution in [0.5, 0.6) is 46.0 Å². The Labute approximate surface area is 325 Å². The molecule has 0 spiro atoms. The second kappa shape index (κ2) is 13.4. The van der Waals surface area contributed by atoms with Crippen LogP contribution in [-0.4, -0.2) is 56.9 Å². The van der Waals surface area contributed by atoms with E-state index in [2.05, 4.69) is 24.5 Å². The van der Waals surface area contributed by atoms with Gasteiger partial charge in [-0.2, -0.15) is 0 Å². The summed E-state index contributed by atoms with van der Waals surface area (Å²) in [7, 11) is 3.06. The van der Waals surface area contributed by atoms with E-state index in [1.54, 1.807) is 12.1 Å². The number of aryl methyl sites for hydroxylation is 2. The van der Waals surface area contributed by atoms with Crippen molar-refractivity contribution in [2.24, 2.45) is 0 Å². The monoisotopic (exact) mass is 756 g/mol. The molecule has 2 heterocycles. The Kier molecular flexibility index (Phi) is 8.89. The molecule has 0 amide bonds. The lowest BCUT2D eigenvalue weighted by atomic mass is 9.80. The van der Waals surface area contributed by atoms with Gasteiger partial charge in [-0.3, -0.25) is 0 Å². The van der Waals surface area contributed by atoms with Crippen molar-refractivity contribution in [1.82, 2.24) is 10.6 Å². The Morgan fingerprint density at radius 1 is 0.500 bits per heavy atom. The van der Waals surface area contributed by atoms with Crippen molar-refractivity contribution in [2.75, 3.05) is 14.2 Å². The van der Waals surface area contributed by atoms with Crippen LogP contribution < -0.4 is 20.1 Å². The zero-order chi connectivity index (χ0) is 40.1. The van der Waals surface area contributed by atoms with Gasteiger partial charge in [-0.1, -0.05) is 12.1 Å². The summed E-state index contributed by atoms with van der Waals surface area (Å²) in [5.41, 5.74) is 7.27. The number of phenols is 6. The van der Waals surface area contributed by atoms with E-state index in [9.17, 15) is 30.6 Å². The molecule has 290 valence electrons. The number of ether oxygens (including phenoxy) is 2. The fourth-order valence-electron chi connectivity index (χ4n) is 9.60. The first kappa shape index (κ1) is 37.1. The second-order valence-corrected chi connectivity index (χ2v) is 15.8. The number of fused-ring (bicyclic) bond motifs is 4. The lowest BCUT2D eigenvalue weighted by Gasteiger charge is -2.32. The van der Waals surface area contributed by atoms with E-state index in [0.29, 0.717) is 79.3 Å². The Balaban J connectivity index is 1.55. The van der Waals surface area contributed by atoms with Crippen molar-refractivity contribution < 1.29 is 40.1 Å². The summed E-state index contributed by atoms with van der Waals surface area (Å²) in [6.07, 6.45) is 1.02. The predicted octanol–water partition coefficient (Wildman–Crippen LogP) is 9.05. The standard InChI is InChI=1S/C46H48N2O8/c1-19-9-25-27(41-31-13-21(3)47-23(5)39(31)33(49)17-35(41)51)15-29(45(53)43(25)37(11-19)55-7)30-16-28(26-10-20(2)12-38(56-8)44(26)46(30)54)42-32-14-22(4)48-24(6)40(32)34(50)18-36(42)52/h9-12,15-18,21-24,47-54H,13-14H2,1-8H3/t21-,22+,23-,24-/m1/s1. The van der Waals surface area contributed by atoms with E-state index in [-0.39, 0.29) is 69.8 Å². The molecule has 6 aromatic rings. The van der Waals surface area contributed by atoms with Gasteiger partial charge in [0.25, 0.3) is 0 Å². The number of phenolic OH excluding ortho intramolecular Hbond substituents is 6. The zero-order valence-corrected chi connectivity index (χ0v) is 32.8. The maximum Gasteiger partial charge on any atom is 0.135 e. The average Bonchev–Trinajstić information content (AvgIpc) is 3.11. The molecule has 8 N–H and O–H groups in total. The first-order chi connectivity index (χ1) is 26.6. The van der Waals surface area contributed by atoms with Crippen molar-refractivity contribution in [3.63, 3.8) is 0 Å². The Morgan fingerprint density at radius 2 is 0.875 bits per heavy atom. The van der Waals surface area contributed by atoms with Crippen LogP contribution in [-0.2, 0) is 12.8 Å². The van der Waals surface area contributed by atoms with Crippen LogP contribution in [0.2, 0.25) is 0 Å². The van der Waals surface area contributed by atoms with Crippen molar-refractivity contribution in [2.45, 2.75) is 78.6 Å². The van der Waals surface area contributed by atoms with E-state index in [0.717, 1.165) is 22.3 Å². The average molecular weight is 757 g/mol. The minimum atomic E-state index is -0.209. The minimum Gasteiger partial charge on any atom is -0.507 e. The maximum absolute atomic E-state index is 12.5. The van der Waals surface area contributed by atoms with Gasteiger partial charge in [0.2, 0.25) is 0 Å². The third-order valence-corrected chi connectivity index (χ3v) is 11.7. The van der Waals surface area contributed by atoms with E-state index < -0.39 is 0 Å². The van der Waals surface area contributed by atoms with Crippen LogP contribution in [0.3, 0.4) is 0 Å². The molecule has 0 saturated carbocycles. The number of aromatic hydroxyl groups is 6. The van der Waals surface area contributed by atoms with Crippen LogP contribution in [0.4, 0.5) is 0 Å². The van der Waals surface area contributed by atoms with Gasteiger partial charge in [0, 0.05) is 69.7 Å². The van der Waals surface area contributed by atoms with Gasteiger partial charge in [-0.05, 0) is 123 Å². The quantitative estimate of drug-likeness (QED) is 0.0852. The van der Waals surface area contributed by atoms with E-state index in [1.165, 1.54) is 26.4 Å². The molecule has 0 saturated heterocycles. The number of benzene rings is 6. The fraction of sp³-hybridized carbons (Fsp3) is 0.304.